The van der Waals surface area contributed by atoms with Gasteiger partial charge in [0.05, 0.1) is 11.4 Å². The summed E-state index contributed by atoms with van der Waals surface area (Å²) in [6, 6.07) is 11.8. The number of hydrogen-bond donors (Lipinski definition) is 2. The Morgan fingerprint density at radius 3 is 2.46 bits per heavy atom. The monoisotopic (exact) mass is 352 g/mol. The van der Waals surface area contributed by atoms with E-state index in [2.05, 4.69) is 10.4 Å². The normalized spacial score (nSPS) is 10.5. The SMILES string of the molecule is Cc1cc(=O)c(C(=O)Nc2cc(C(=O)O)n(C)c2)nn1-c1ccccc1. The Labute approximate surface area is 148 Å². The number of rotatable bonds is 4. The molecule has 0 saturated heterocycles. The van der Waals surface area contributed by atoms with Crippen LogP contribution in [0.4, 0.5) is 5.69 Å². The van der Waals surface area contributed by atoms with E-state index in [4.69, 9.17) is 5.11 Å². The van der Waals surface area contributed by atoms with Crippen LogP contribution in [0.25, 0.3) is 5.69 Å². The molecule has 2 N–H and O–H groups in total. The largest absolute Gasteiger partial charge is 0.477 e. The van der Waals surface area contributed by atoms with Gasteiger partial charge in [0, 0.05) is 25.0 Å². The molecule has 2 aromatic heterocycles. The number of nitrogens with one attached hydrogen (secondary N) is 1. The van der Waals surface area contributed by atoms with E-state index in [0.29, 0.717) is 11.4 Å². The number of aromatic carboxylic acids is 1. The topological polar surface area (TPSA) is 106 Å². The molecule has 0 spiro atoms. The number of para-hydroxylation sites is 1. The van der Waals surface area contributed by atoms with Gasteiger partial charge in [0.15, 0.2) is 5.69 Å². The minimum atomic E-state index is -1.12. The zero-order chi connectivity index (χ0) is 18.8. The number of anilines is 1. The molecule has 0 aliphatic heterocycles. The Morgan fingerprint density at radius 2 is 1.85 bits per heavy atom. The van der Waals surface area contributed by atoms with Crippen molar-refractivity contribution in [3.05, 3.63) is 76.0 Å². The van der Waals surface area contributed by atoms with Gasteiger partial charge in [0.2, 0.25) is 5.43 Å². The Morgan fingerprint density at radius 1 is 1.15 bits per heavy atom. The van der Waals surface area contributed by atoms with Gasteiger partial charge in [-0.1, -0.05) is 18.2 Å². The molecule has 3 aromatic rings. The third kappa shape index (κ3) is 3.25. The average molecular weight is 352 g/mol. The molecule has 0 aliphatic carbocycles. The van der Waals surface area contributed by atoms with Gasteiger partial charge in [-0.3, -0.25) is 9.59 Å². The molecule has 0 fully saturated rings. The number of amides is 1. The number of benzene rings is 1. The Hall–Kier alpha value is -3.68. The molecule has 0 unspecified atom stereocenters. The van der Waals surface area contributed by atoms with E-state index in [1.54, 1.807) is 14.0 Å². The Balaban J connectivity index is 1.96. The fourth-order valence-corrected chi connectivity index (χ4v) is 2.57. The maximum Gasteiger partial charge on any atom is 0.352 e. The number of hydrogen-bond acceptors (Lipinski definition) is 4. The summed E-state index contributed by atoms with van der Waals surface area (Å²) in [5.74, 6) is -1.82. The first-order chi connectivity index (χ1) is 12.4. The van der Waals surface area contributed by atoms with Gasteiger partial charge in [0.1, 0.15) is 5.69 Å². The zero-order valence-corrected chi connectivity index (χ0v) is 14.1. The van der Waals surface area contributed by atoms with E-state index in [-0.39, 0.29) is 17.1 Å². The number of aryl methyl sites for hydroxylation is 2. The third-order valence-electron chi connectivity index (χ3n) is 3.81. The molecular formula is C18H16N4O4. The minimum Gasteiger partial charge on any atom is -0.477 e. The molecule has 0 radical (unpaired) electrons. The van der Waals surface area contributed by atoms with Crippen molar-refractivity contribution in [1.82, 2.24) is 14.3 Å². The van der Waals surface area contributed by atoms with Crippen LogP contribution in [0.15, 0.2) is 53.5 Å². The average Bonchev–Trinajstić information content (AvgIpc) is 2.96. The summed E-state index contributed by atoms with van der Waals surface area (Å²) >= 11 is 0. The molecule has 8 nitrogen and oxygen atoms in total. The maximum absolute atomic E-state index is 12.5. The number of carboxylic acids is 1. The Kier molecular flexibility index (Phi) is 4.40. The maximum atomic E-state index is 12.5. The van der Waals surface area contributed by atoms with Crippen molar-refractivity contribution >= 4 is 17.6 Å². The smallest absolute Gasteiger partial charge is 0.352 e. The van der Waals surface area contributed by atoms with Crippen LogP contribution in [0, 0.1) is 6.92 Å². The first-order valence-corrected chi connectivity index (χ1v) is 7.74. The molecule has 2 heterocycles. The summed E-state index contributed by atoms with van der Waals surface area (Å²) in [5, 5.41) is 15.8. The van der Waals surface area contributed by atoms with Gasteiger partial charge >= 0.3 is 5.97 Å². The van der Waals surface area contributed by atoms with E-state index < -0.39 is 17.3 Å². The molecule has 3 rings (SSSR count). The summed E-state index contributed by atoms with van der Waals surface area (Å²) in [6.07, 6.45) is 1.45. The van der Waals surface area contributed by atoms with Crippen molar-refractivity contribution < 1.29 is 14.7 Å². The van der Waals surface area contributed by atoms with Crippen molar-refractivity contribution in [1.29, 1.82) is 0 Å². The lowest BCUT2D eigenvalue weighted by Crippen LogP contribution is -2.26. The lowest BCUT2D eigenvalue weighted by molar-refractivity contribution is 0.0686. The van der Waals surface area contributed by atoms with Gasteiger partial charge in [-0.25, -0.2) is 9.48 Å². The molecule has 0 saturated carbocycles. The summed E-state index contributed by atoms with van der Waals surface area (Å²) < 4.78 is 2.87. The van der Waals surface area contributed by atoms with Gasteiger partial charge < -0.3 is 15.0 Å². The van der Waals surface area contributed by atoms with Crippen LogP contribution in [0.5, 0.6) is 0 Å². The van der Waals surface area contributed by atoms with E-state index in [1.807, 2.05) is 30.3 Å². The quantitative estimate of drug-likeness (QED) is 0.745. The highest BCUT2D eigenvalue weighted by atomic mass is 16.4. The van der Waals surface area contributed by atoms with Crippen LogP contribution in [-0.4, -0.2) is 31.3 Å². The zero-order valence-electron chi connectivity index (χ0n) is 14.1. The summed E-state index contributed by atoms with van der Waals surface area (Å²) in [6.45, 7) is 1.72. The van der Waals surface area contributed by atoms with E-state index in [1.165, 1.54) is 27.6 Å². The van der Waals surface area contributed by atoms with E-state index in [0.717, 1.165) is 0 Å². The summed E-state index contributed by atoms with van der Waals surface area (Å²) in [5.41, 5.74) is 0.793. The predicted molar refractivity (Wildman–Crippen MR) is 94.9 cm³/mol. The molecule has 0 aliphatic rings. The van der Waals surface area contributed by atoms with Gasteiger partial charge in [-0.2, -0.15) is 5.10 Å². The van der Waals surface area contributed by atoms with E-state index >= 15 is 0 Å². The first-order valence-electron chi connectivity index (χ1n) is 7.74. The number of aromatic nitrogens is 3. The fraction of sp³-hybridized carbons (Fsp3) is 0.111. The lowest BCUT2D eigenvalue weighted by atomic mass is 10.2. The molecule has 132 valence electrons. The van der Waals surface area contributed by atoms with Crippen molar-refractivity contribution in [3.8, 4) is 5.69 Å². The fourth-order valence-electron chi connectivity index (χ4n) is 2.57. The van der Waals surface area contributed by atoms with Gasteiger partial charge in [0.25, 0.3) is 5.91 Å². The number of carbonyl (C=O) groups excluding carboxylic acids is 1. The van der Waals surface area contributed by atoms with Crippen LogP contribution >= 0.6 is 0 Å². The minimum absolute atomic E-state index is 0.0128. The van der Waals surface area contributed by atoms with Crippen molar-refractivity contribution in [2.45, 2.75) is 6.92 Å². The van der Waals surface area contributed by atoms with E-state index in [9.17, 15) is 14.4 Å². The van der Waals surface area contributed by atoms with Gasteiger partial charge in [-0.05, 0) is 25.1 Å². The predicted octanol–water partition coefficient (Wildman–Crippen LogP) is 1.83. The van der Waals surface area contributed by atoms with Gasteiger partial charge in [-0.15, -0.1) is 0 Å². The van der Waals surface area contributed by atoms with Crippen LogP contribution in [-0.2, 0) is 7.05 Å². The highest BCUT2D eigenvalue weighted by Crippen LogP contribution is 2.14. The highest BCUT2D eigenvalue weighted by molar-refractivity contribution is 6.03. The van der Waals surface area contributed by atoms with Crippen molar-refractivity contribution in [3.63, 3.8) is 0 Å². The summed E-state index contributed by atoms with van der Waals surface area (Å²) in [4.78, 5) is 35.8. The Bertz CT molecular complexity index is 1050. The number of carbonyl (C=O) groups is 2. The second-order valence-electron chi connectivity index (χ2n) is 5.73. The third-order valence-corrected chi connectivity index (χ3v) is 3.81. The molecule has 1 amide bonds. The van der Waals surface area contributed by atoms with Crippen LogP contribution in [0.1, 0.15) is 26.7 Å². The number of nitrogens with zero attached hydrogens (tertiary/aromatic N) is 3. The summed E-state index contributed by atoms with van der Waals surface area (Å²) in [7, 11) is 1.55. The molecule has 1 aromatic carbocycles. The standard InChI is InChI=1S/C18H16N4O4/c1-11-8-15(23)16(20-22(11)13-6-4-3-5-7-13)17(24)19-12-9-14(18(25)26)21(2)10-12/h3-10H,1-2H3,(H,19,24)(H,25,26). The molecule has 26 heavy (non-hydrogen) atoms. The lowest BCUT2D eigenvalue weighted by Gasteiger charge is -2.10. The molecule has 0 bridgehead atoms. The second-order valence-corrected chi connectivity index (χ2v) is 5.73. The first kappa shape index (κ1) is 17.2. The van der Waals surface area contributed by atoms with Crippen molar-refractivity contribution in [2.24, 2.45) is 7.05 Å². The molecule has 0 atom stereocenters. The molecule has 8 heteroatoms. The second kappa shape index (κ2) is 6.67. The molecular weight excluding hydrogens is 336 g/mol. The van der Waals surface area contributed by atoms with Crippen molar-refractivity contribution in [2.75, 3.05) is 5.32 Å². The number of carboxylic acid groups (broad SMARTS) is 1. The highest BCUT2D eigenvalue weighted by Gasteiger charge is 2.17. The van der Waals surface area contributed by atoms with Crippen LogP contribution in [0.2, 0.25) is 0 Å². The van der Waals surface area contributed by atoms with Crippen LogP contribution in [0.3, 0.4) is 0 Å². The van der Waals surface area contributed by atoms with Crippen LogP contribution < -0.4 is 10.7 Å².